The van der Waals surface area contributed by atoms with Gasteiger partial charge in [-0.2, -0.15) is 0 Å². The fourth-order valence-corrected chi connectivity index (χ4v) is 2.56. The summed E-state index contributed by atoms with van der Waals surface area (Å²) in [6.45, 7) is 4.10. The van der Waals surface area contributed by atoms with E-state index in [4.69, 9.17) is 5.73 Å². The Hall–Kier alpha value is -1.88. The smallest absolute Gasteiger partial charge is 0.205 e. The maximum Gasteiger partial charge on any atom is 0.205 e. The van der Waals surface area contributed by atoms with Gasteiger partial charge in [0.05, 0.1) is 15.5 Å². The third-order valence-corrected chi connectivity index (χ3v) is 4.08. The Kier molecular flexibility index (Phi) is 3.01. The molecule has 3 rings (SSSR count). The van der Waals surface area contributed by atoms with Gasteiger partial charge in [-0.3, -0.25) is 4.57 Å². The van der Waals surface area contributed by atoms with Crippen LogP contribution in [0.1, 0.15) is 11.1 Å². The van der Waals surface area contributed by atoms with Crippen LogP contribution >= 0.6 is 15.9 Å². The lowest BCUT2D eigenvalue weighted by Gasteiger charge is -2.09. The second-order valence-corrected chi connectivity index (χ2v) is 5.68. The molecule has 1 heterocycles. The zero-order valence-electron chi connectivity index (χ0n) is 11.1. The Labute approximate surface area is 124 Å². The molecule has 0 radical (unpaired) electrons. The number of hydrogen-bond acceptors (Lipinski definition) is 2. The lowest BCUT2D eigenvalue weighted by molar-refractivity contribution is 0.623. The van der Waals surface area contributed by atoms with Crippen molar-refractivity contribution in [2.24, 2.45) is 0 Å². The van der Waals surface area contributed by atoms with Gasteiger partial charge in [0.25, 0.3) is 0 Å². The van der Waals surface area contributed by atoms with E-state index in [-0.39, 0.29) is 5.82 Å². The fourth-order valence-electron chi connectivity index (χ4n) is 2.23. The molecule has 0 saturated carbocycles. The van der Waals surface area contributed by atoms with Crippen molar-refractivity contribution in [3.8, 4) is 5.69 Å². The quantitative estimate of drug-likeness (QED) is 0.727. The number of aryl methyl sites for hydroxylation is 2. The van der Waals surface area contributed by atoms with Crippen molar-refractivity contribution >= 4 is 32.9 Å². The second kappa shape index (κ2) is 4.59. The first kappa shape index (κ1) is 13.1. The van der Waals surface area contributed by atoms with Crippen molar-refractivity contribution in [1.29, 1.82) is 0 Å². The highest BCUT2D eigenvalue weighted by molar-refractivity contribution is 9.10. The summed E-state index contributed by atoms with van der Waals surface area (Å²) in [6.07, 6.45) is 0. The van der Waals surface area contributed by atoms with Crippen LogP contribution < -0.4 is 5.73 Å². The van der Waals surface area contributed by atoms with Crippen LogP contribution in [-0.4, -0.2) is 9.55 Å². The Morgan fingerprint density at radius 2 is 1.90 bits per heavy atom. The molecule has 0 bridgehead atoms. The summed E-state index contributed by atoms with van der Waals surface area (Å²) >= 11 is 3.20. The Morgan fingerprint density at radius 3 is 2.60 bits per heavy atom. The molecule has 0 saturated heterocycles. The molecule has 0 unspecified atom stereocenters. The standard InChI is InChI=1S/C15H13BrFN3/c1-8-3-4-10(5-9(8)2)20-14-6-11(16)12(17)7-13(14)19-15(20)18/h3-7H,1-2H3,(H2,18,19). The van der Waals surface area contributed by atoms with Crippen molar-refractivity contribution in [2.75, 3.05) is 5.73 Å². The maximum atomic E-state index is 13.6. The molecule has 102 valence electrons. The molecule has 0 aliphatic carbocycles. The van der Waals surface area contributed by atoms with Gasteiger partial charge in [-0.1, -0.05) is 6.07 Å². The van der Waals surface area contributed by atoms with Crippen LogP contribution in [0.3, 0.4) is 0 Å². The van der Waals surface area contributed by atoms with Gasteiger partial charge in [0.2, 0.25) is 5.95 Å². The number of fused-ring (bicyclic) bond motifs is 1. The summed E-state index contributed by atoms with van der Waals surface area (Å²) in [5.41, 5.74) is 10.6. The zero-order chi connectivity index (χ0) is 14.4. The molecule has 2 aromatic carbocycles. The molecule has 0 spiro atoms. The Morgan fingerprint density at radius 1 is 1.15 bits per heavy atom. The number of hydrogen-bond donors (Lipinski definition) is 1. The third-order valence-electron chi connectivity index (χ3n) is 3.47. The van der Waals surface area contributed by atoms with Crippen molar-refractivity contribution in [3.63, 3.8) is 0 Å². The molecule has 0 aliphatic rings. The first-order valence-electron chi connectivity index (χ1n) is 6.18. The van der Waals surface area contributed by atoms with Gasteiger partial charge < -0.3 is 5.73 Å². The number of nitrogens with two attached hydrogens (primary N) is 1. The summed E-state index contributed by atoms with van der Waals surface area (Å²) in [6, 6.07) is 9.15. The Bertz CT molecular complexity index is 824. The van der Waals surface area contributed by atoms with E-state index in [1.54, 1.807) is 6.07 Å². The van der Waals surface area contributed by atoms with Crippen LogP contribution in [0.2, 0.25) is 0 Å². The van der Waals surface area contributed by atoms with Gasteiger partial charge in [0, 0.05) is 11.8 Å². The number of anilines is 1. The van der Waals surface area contributed by atoms with Crippen molar-refractivity contribution in [1.82, 2.24) is 9.55 Å². The van der Waals surface area contributed by atoms with Crippen molar-refractivity contribution < 1.29 is 4.39 Å². The summed E-state index contributed by atoms with van der Waals surface area (Å²) in [5.74, 6) is 0.00277. The minimum Gasteiger partial charge on any atom is -0.369 e. The van der Waals surface area contributed by atoms with E-state index < -0.39 is 0 Å². The third kappa shape index (κ3) is 1.98. The molecule has 0 atom stereocenters. The second-order valence-electron chi connectivity index (χ2n) is 4.83. The molecule has 2 N–H and O–H groups in total. The molecule has 5 heteroatoms. The number of nitrogen functional groups attached to an aromatic ring is 1. The van der Waals surface area contributed by atoms with Gasteiger partial charge in [0.1, 0.15) is 5.82 Å². The van der Waals surface area contributed by atoms with E-state index in [9.17, 15) is 4.39 Å². The highest BCUT2D eigenvalue weighted by Gasteiger charge is 2.13. The van der Waals surface area contributed by atoms with Crippen LogP contribution in [0.4, 0.5) is 10.3 Å². The summed E-state index contributed by atoms with van der Waals surface area (Å²) < 4.78 is 15.8. The highest BCUT2D eigenvalue weighted by Crippen LogP contribution is 2.28. The van der Waals surface area contributed by atoms with Gasteiger partial charge >= 0.3 is 0 Å². The normalized spacial score (nSPS) is 11.2. The van der Waals surface area contributed by atoms with E-state index in [2.05, 4.69) is 27.8 Å². The average Bonchev–Trinajstić information content (AvgIpc) is 2.69. The summed E-state index contributed by atoms with van der Waals surface area (Å²) in [7, 11) is 0. The van der Waals surface area contributed by atoms with Gasteiger partial charge in [0.15, 0.2) is 0 Å². The topological polar surface area (TPSA) is 43.8 Å². The van der Waals surface area contributed by atoms with Crippen LogP contribution in [-0.2, 0) is 0 Å². The number of nitrogens with zero attached hydrogens (tertiary/aromatic N) is 2. The lowest BCUT2D eigenvalue weighted by atomic mass is 10.1. The highest BCUT2D eigenvalue weighted by atomic mass is 79.9. The molecule has 0 fully saturated rings. The first-order valence-corrected chi connectivity index (χ1v) is 6.97. The summed E-state index contributed by atoms with van der Waals surface area (Å²) in [5, 5.41) is 0. The van der Waals surface area contributed by atoms with Gasteiger partial charge in [-0.15, -0.1) is 0 Å². The maximum absolute atomic E-state index is 13.6. The van der Waals surface area contributed by atoms with E-state index >= 15 is 0 Å². The molecule has 0 aliphatic heterocycles. The molecule has 3 aromatic rings. The molecule has 20 heavy (non-hydrogen) atoms. The van der Waals surface area contributed by atoms with Crippen molar-refractivity contribution in [2.45, 2.75) is 13.8 Å². The monoisotopic (exact) mass is 333 g/mol. The van der Waals surface area contributed by atoms with Crippen LogP contribution in [0.25, 0.3) is 16.7 Å². The lowest BCUT2D eigenvalue weighted by Crippen LogP contribution is -2.01. The number of aromatic nitrogens is 2. The van der Waals surface area contributed by atoms with E-state index in [0.717, 1.165) is 11.2 Å². The molecular weight excluding hydrogens is 321 g/mol. The first-order chi connectivity index (χ1) is 9.47. The number of benzene rings is 2. The van der Waals surface area contributed by atoms with E-state index in [1.165, 1.54) is 17.2 Å². The fraction of sp³-hybridized carbons (Fsp3) is 0.133. The predicted octanol–water partition coefficient (Wildman–Crippen LogP) is 4.13. The Balaban J connectivity index is 2.32. The number of imidazole rings is 1. The van der Waals surface area contributed by atoms with Gasteiger partial charge in [-0.05, 0) is 59.1 Å². The number of rotatable bonds is 1. The number of halogens is 2. The van der Waals surface area contributed by atoms with E-state index in [0.29, 0.717) is 15.9 Å². The van der Waals surface area contributed by atoms with Gasteiger partial charge in [-0.25, -0.2) is 9.37 Å². The largest absolute Gasteiger partial charge is 0.369 e. The van der Waals surface area contributed by atoms with Crippen LogP contribution in [0, 0.1) is 19.7 Å². The summed E-state index contributed by atoms with van der Waals surface area (Å²) in [4.78, 5) is 4.22. The molecular formula is C15H13BrFN3. The van der Waals surface area contributed by atoms with Crippen LogP contribution in [0.5, 0.6) is 0 Å². The zero-order valence-corrected chi connectivity index (χ0v) is 12.7. The molecule has 0 amide bonds. The molecule has 3 nitrogen and oxygen atoms in total. The SMILES string of the molecule is Cc1ccc(-n2c(N)nc3cc(F)c(Br)cc32)cc1C. The molecule has 1 aromatic heterocycles. The van der Waals surface area contributed by atoms with Crippen molar-refractivity contribution in [3.05, 3.63) is 51.7 Å². The van der Waals surface area contributed by atoms with E-state index in [1.807, 2.05) is 29.7 Å². The average molecular weight is 334 g/mol. The minimum atomic E-state index is -0.345. The van der Waals surface area contributed by atoms with Crippen LogP contribution in [0.15, 0.2) is 34.8 Å². The predicted molar refractivity (Wildman–Crippen MR) is 82.6 cm³/mol. The minimum absolute atomic E-state index is 0.345.